The smallest absolute Gasteiger partial charge is 0.329 e. The van der Waals surface area contributed by atoms with E-state index in [-0.39, 0.29) is 46.7 Å². The Morgan fingerprint density at radius 1 is 0.829 bits per heavy atom. The van der Waals surface area contributed by atoms with Crippen molar-refractivity contribution < 1.29 is 27.6 Å². The summed E-state index contributed by atoms with van der Waals surface area (Å²) in [6.45, 7) is 9.45. The third kappa shape index (κ3) is 10.4. The normalized spacial score (nSPS) is 19.5. The zero-order chi connectivity index (χ0) is 49.1. The Balaban J connectivity index is 0.723. The van der Waals surface area contributed by atoms with Gasteiger partial charge in [0, 0.05) is 50.0 Å². The van der Waals surface area contributed by atoms with E-state index in [4.69, 9.17) is 0 Å². The number of imidazole rings is 1. The number of carbonyl (C=O) groups is 4. The van der Waals surface area contributed by atoms with Crippen LogP contribution in [0.25, 0.3) is 21.8 Å². The van der Waals surface area contributed by atoms with Gasteiger partial charge in [-0.25, -0.2) is 13.2 Å². The van der Waals surface area contributed by atoms with E-state index < -0.39 is 27.0 Å². The van der Waals surface area contributed by atoms with Crippen molar-refractivity contribution in [3.8, 4) is 11.8 Å². The van der Waals surface area contributed by atoms with Gasteiger partial charge in [0.2, 0.25) is 17.7 Å². The molecule has 1 aromatic heterocycles. The number of nitrogens with one attached hydrogen (secondary N) is 3. The van der Waals surface area contributed by atoms with Crippen molar-refractivity contribution in [3.63, 3.8) is 0 Å². The van der Waals surface area contributed by atoms with Crippen molar-refractivity contribution in [2.45, 2.75) is 113 Å². The van der Waals surface area contributed by atoms with Crippen LogP contribution in [-0.2, 0) is 31.3 Å². The van der Waals surface area contributed by atoms with Gasteiger partial charge in [0.1, 0.15) is 6.04 Å². The zero-order valence-electron chi connectivity index (χ0n) is 40.6. The lowest BCUT2D eigenvalue weighted by atomic mass is 9.89. The highest BCUT2D eigenvalue weighted by Crippen LogP contribution is 2.33. The number of likely N-dealkylation sites (tertiary alicyclic amines) is 2. The Morgan fingerprint density at radius 2 is 1.57 bits per heavy atom. The fourth-order valence-electron chi connectivity index (χ4n) is 11.1. The van der Waals surface area contributed by atoms with Crippen molar-refractivity contribution in [1.29, 1.82) is 0 Å². The van der Waals surface area contributed by atoms with Gasteiger partial charge in [-0.1, -0.05) is 54.3 Å². The molecule has 2 atom stereocenters. The molecule has 4 fully saturated rings. The first kappa shape index (κ1) is 48.9. The number of piperidine rings is 4. The lowest BCUT2D eigenvalue weighted by Gasteiger charge is -2.32. The summed E-state index contributed by atoms with van der Waals surface area (Å²) in [5.74, 6) is 6.79. The molecule has 3 N–H and O–H groups in total. The van der Waals surface area contributed by atoms with Crippen molar-refractivity contribution in [3.05, 3.63) is 111 Å². The van der Waals surface area contributed by atoms with Crippen LogP contribution in [0.1, 0.15) is 128 Å². The lowest BCUT2D eigenvalue weighted by Crippen LogP contribution is -2.44. The summed E-state index contributed by atoms with van der Waals surface area (Å²) < 4.78 is 30.0. The zero-order valence-corrected chi connectivity index (χ0v) is 41.4. The molecule has 4 aliphatic rings. The molecule has 0 saturated carbocycles. The third-order valence-corrected chi connectivity index (χ3v) is 17.6. The lowest BCUT2D eigenvalue weighted by molar-refractivity contribution is -0.136. The van der Waals surface area contributed by atoms with E-state index in [2.05, 4.69) is 44.8 Å². The van der Waals surface area contributed by atoms with E-state index in [1.165, 1.54) is 4.57 Å². The number of aryl methyl sites for hydroxylation is 2. The molecular formula is C55H65N7O7S. The summed E-state index contributed by atoms with van der Waals surface area (Å²) >= 11 is 0. The first-order valence-corrected chi connectivity index (χ1v) is 26.8. The van der Waals surface area contributed by atoms with Crippen molar-refractivity contribution in [2.75, 3.05) is 45.8 Å². The van der Waals surface area contributed by atoms with Gasteiger partial charge in [-0.3, -0.25) is 33.6 Å². The van der Waals surface area contributed by atoms with Crippen LogP contribution >= 0.6 is 0 Å². The fraction of sp³-hybridized carbons (Fsp3) is 0.473. The number of rotatable bonds is 12. The number of imide groups is 1. The summed E-state index contributed by atoms with van der Waals surface area (Å²) in [5.41, 5.74) is 5.31. The highest BCUT2D eigenvalue weighted by Gasteiger charge is 2.33. The van der Waals surface area contributed by atoms with Crippen LogP contribution < -0.4 is 21.6 Å². The molecule has 70 heavy (non-hydrogen) atoms. The predicted molar refractivity (Wildman–Crippen MR) is 271 cm³/mol. The van der Waals surface area contributed by atoms with E-state index in [0.717, 1.165) is 96.7 Å². The van der Waals surface area contributed by atoms with Gasteiger partial charge >= 0.3 is 5.69 Å². The van der Waals surface area contributed by atoms with Crippen molar-refractivity contribution in [2.24, 2.45) is 13.0 Å². The SMILES string of the molecule is Cc1ccc(S(=O)(=O)C2CCNCC2)cc1C(=O)N[C@H](C)c1ccc(C#CC2CCN(CCCCC(=O)N3CCC(c4ccc5c(c4)n(C)c(=O)n5C4CCC(=O)NC4=O)CC3)CC2)c2ccccc12. The molecule has 14 nitrogen and oxygen atoms in total. The maximum atomic E-state index is 13.7. The first-order chi connectivity index (χ1) is 33.8. The molecule has 4 aliphatic heterocycles. The molecule has 368 valence electrons. The predicted octanol–water partition coefficient (Wildman–Crippen LogP) is 6.44. The van der Waals surface area contributed by atoms with E-state index in [1.807, 2.05) is 61.2 Å². The van der Waals surface area contributed by atoms with Crippen LogP contribution in [0.3, 0.4) is 0 Å². The third-order valence-electron chi connectivity index (χ3n) is 15.3. The van der Waals surface area contributed by atoms with Crippen LogP contribution in [0.15, 0.2) is 82.5 Å². The van der Waals surface area contributed by atoms with Gasteiger partial charge in [0.25, 0.3) is 5.91 Å². The number of aromatic nitrogens is 2. The molecule has 4 amide bonds. The summed E-state index contributed by atoms with van der Waals surface area (Å²) in [6, 6.07) is 22.1. The maximum absolute atomic E-state index is 13.7. The molecule has 4 saturated heterocycles. The van der Waals surface area contributed by atoms with E-state index in [9.17, 15) is 32.4 Å². The second-order valence-electron chi connectivity index (χ2n) is 19.8. The molecular weight excluding hydrogens is 903 g/mol. The summed E-state index contributed by atoms with van der Waals surface area (Å²) in [6.07, 6.45) is 7.68. The highest BCUT2D eigenvalue weighted by molar-refractivity contribution is 7.92. The number of amides is 4. The van der Waals surface area contributed by atoms with Gasteiger partial charge in [0.15, 0.2) is 9.84 Å². The minimum atomic E-state index is -3.55. The van der Waals surface area contributed by atoms with Gasteiger partial charge in [-0.05, 0) is 168 Å². The molecule has 15 heteroatoms. The number of nitrogens with zero attached hydrogens (tertiary/aromatic N) is 4. The Hall–Kier alpha value is -6.08. The number of sulfone groups is 1. The standard InChI is InChI=1S/C55H65N7O7S/c1-36-11-16-43(70(68,69)42-21-27-56-28-22-42)35-47(36)53(65)57-37(2)44-17-14-40(45-8-4-5-9-46(44)45)13-12-38-23-30-60(31-24-38)29-7-6-10-52(64)61-32-25-39(26-33-61)41-15-18-48-50(34-41)59(3)55(67)62(48)49-19-20-51(63)58-54(49)66/h4-5,8-9,11,14-18,34-35,37-39,42,49,56H,6-7,10,19-33H2,1-3H3,(H,57,65)(H,58,63,66)/t37-,49?/m1/s1. The molecule has 0 radical (unpaired) electrons. The second-order valence-corrected chi connectivity index (χ2v) is 22.1. The molecule has 1 unspecified atom stereocenters. The molecule has 5 aromatic rings. The minimum Gasteiger partial charge on any atom is -0.345 e. The number of hydrogen-bond donors (Lipinski definition) is 3. The number of benzene rings is 4. The van der Waals surface area contributed by atoms with Crippen molar-refractivity contribution >= 4 is 55.3 Å². The Kier molecular flexibility index (Phi) is 14.7. The summed E-state index contributed by atoms with van der Waals surface area (Å²) in [7, 11) is -1.84. The van der Waals surface area contributed by atoms with Gasteiger partial charge in [-0.15, -0.1) is 0 Å². The van der Waals surface area contributed by atoms with E-state index in [0.29, 0.717) is 68.9 Å². The Bertz CT molecular complexity index is 3050. The number of fused-ring (bicyclic) bond motifs is 2. The van der Waals surface area contributed by atoms with Gasteiger partial charge in [-0.2, -0.15) is 0 Å². The Labute approximate surface area is 410 Å². The highest BCUT2D eigenvalue weighted by atomic mass is 32.2. The molecule has 0 spiro atoms. The molecule has 4 aromatic carbocycles. The topological polar surface area (TPSA) is 172 Å². The van der Waals surface area contributed by atoms with E-state index in [1.54, 1.807) is 29.8 Å². The van der Waals surface area contributed by atoms with Crippen LogP contribution in [0.4, 0.5) is 0 Å². The molecule has 5 heterocycles. The summed E-state index contributed by atoms with van der Waals surface area (Å²) in [4.78, 5) is 69.3. The number of unbranched alkanes of at least 4 members (excludes halogenated alkanes) is 1. The number of hydrogen-bond acceptors (Lipinski definition) is 9. The van der Waals surface area contributed by atoms with Crippen LogP contribution in [-0.4, -0.2) is 102 Å². The number of carbonyl (C=O) groups excluding carboxylic acids is 4. The summed E-state index contributed by atoms with van der Waals surface area (Å²) in [5, 5.41) is 10.3. The maximum Gasteiger partial charge on any atom is 0.329 e. The average molecular weight is 968 g/mol. The van der Waals surface area contributed by atoms with Gasteiger partial charge in [0.05, 0.1) is 27.2 Å². The minimum absolute atomic E-state index is 0.199. The molecule has 0 bridgehead atoms. The van der Waals surface area contributed by atoms with Crippen LogP contribution in [0, 0.1) is 24.7 Å². The van der Waals surface area contributed by atoms with Crippen molar-refractivity contribution in [1.82, 2.24) is 34.9 Å². The monoisotopic (exact) mass is 967 g/mol. The van der Waals surface area contributed by atoms with Crippen LogP contribution in [0.5, 0.6) is 0 Å². The molecule has 9 rings (SSSR count). The van der Waals surface area contributed by atoms with Gasteiger partial charge < -0.3 is 20.4 Å². The van der Waals surface area contributed by atoms with Crippen LogP contribution in [0.2, 0.25) is 0 Å². The average Bonchev–Trinajstić information content (AvgIpc) is 3.62. The largest absolute Gasteiger partial charge is 0.345 e. The fourth-order valence-corrected chi connectivity index (χ4v) is 12.8. The van der Waals surface area contributed by atoms with E-state index >= 15 is 0 Å². The quantitative estimate of drug-likeness (QED) is 0.0724. The first-order valence-electron chi connectivity index (χ1n) is 25.2. The second kappa shape index (κ2) is 21.1. The Morgan fingerprint density at radius 3 is 2.31 bits per heavy atom. The molecule has 0 aliphatic carbocycles.